The molecule has 0 bridgehead atoms. The van der Waals surface area contributed by atoms with Crippen LogP contribution in [0.2, 0.25) is 5.02 Å². The van der Waals surface area contributed by atoms with Crippen molar-refractivity contribution in [1.82, 2.24) is 0 Å². The summed E-state index contributed by atoms with van der Waals surface area (Å²) < 4.78 is 0. The molecule has 146 valence electrons. The second kappa shape index (κ2) is 7.04. The van der Waals surface area contributed by atoms with Crippen molar-refractivity contribution in [2.24, 2.45) is 0 Å². The Labute approximate surface area is 181 Å². The second-order valence-corrected chi connectivity index (χ2v) is 8.62. The predicted octanol–water partition coefficient (Wildman–Crippen LogP) is 5.46. The van der Waals surface area contributed by atoms with Crippen LogP contribution >= 0.6 is 11.6 Å². The highest BCUT2D eigenvalue weighted by atomic mass is 35.5. The molecular formula is C28H22ClN. The molecule has 0 fully saturated rings. The minimum Gasteiger partial charge on any atom is -0.320 e. The minimum absolute atomic E-state index is 0.776. The van der Waals surface area contributed by atoms with Crippen molar-refractivity contribution in [3.8, 4) is 0 Å². The minimum atomic E-state index is 0.776. The molecule has 3 aliphatic rings. The molecule has 1 aliphatic heterocycles. The number of halogens is 1. The van der Waals surface area contributed by atoms with Crippen molar-refractivity contribution in [1.29, 1.82) is 0 Å². The summed E-state index contributed by atoms with van der Waals surface area (Å²) in [4.78, 5) is 2.37. The first-order chi connectivity index (χ1) is 14.8. The lowest BCUT2D eigenvalue weighted by Gasteiger charge is -2.29. The number of anilines is 1. The van der Waals surface area contributed by atoms with E-state index in [2.05, 4.69) is 83.9 Å². The van der Waals surface area contributed by atoms with E-state index in [1.807, 2.05) is 6.07 Å². The van der Waals surface area contributed by atoms with Gasteiger partial charge in [0.15, 0.2) is 0 Å². The van der Waals surface area contributed by atoms with Gasteiger partial charge >= 0.3 is 0 Å². The molecule has 1 heterocycles. The first-order valence-corrected chi connectivity index (χ1v) is 11.0. The highest BCUT2D eigenvalue weighted by Gasteiger charge is 2.21. The highest BCUT2D eigenvalue weighted by Crippen LogP contribution is 2.33. The van der Waals surface area contributed by atoms with E-state index in [-0.39, 0.29) is 0 Å². The SMILES string of the molecule is Clc1ccc2c(c1)C=CC=CN2C1=c2ccc3c(c2CCC1)CC=c1ccccc1=3. The van der Waals surface area contributed by atoms with Crippen LogP contribution in [0.5, 0.6) is 0 Å². The van der Waals surface area contributed by atoms with Crippen molar-refractivity contribution >= 4 is 35.1 Å². The Bertz CT molecular complexity index is 1460. The zero-order valence-corrected chi connectivity index (χ0v) is 17.5. The molecule has 0 N–H and O–H groups in total. The van der Waals surface area contributed by atoms with Crippen molar-refractivity contribution in [3.05, 3.63) is 116 Å². The number of benzene rings is 3. The fourth-order valence-corrected chi connectivity index (χ4v) is 5.35. The molecular weight excluding hydrogens is 386 g/mol. The van der Waals surface area contributed by atoms with Crippen LogP contribution in [0.3, 0.4) is 0 Å². The molecule has 0 saturated carbocycles. The zero-order chi connectivity index (χ0) is 20.1. The van der Waals surface area contributed by atoms with Crippen molar-refractivity contribution in [2.45, 2.75) is 25.7 Å². The Morgan fingerprint density at radius 1 is 0.800 bits per heavy atom. The number of hydrogen-bond acceptors (Lipinski definition) is 1. The van der Waals surface area contributed by atoms with Gasteiger partial charge in [-0.15, -0.1) is 0 Å². The van der Waals surface area contributed by atoms with Crippen LogP contribution < -0.4 is 15.3 Å². The van der Waals surface area contributed by atoms with Crippen molar-refractivity contribution in [2.75, 3.05) is 4.90 Å². The summed E-state index contributed by atoms with van der Waals surface area (Å²) in [6.45, 7) is 0. The van der Waals surface area contributed by atoms with Gasteiger partial charge in [0.1, 0.15) is 0 Å². The Kier molecular flexibility index (Phi) is 4.17. The Balaban J connectivity index is 1.64. The molecule has 30 heavy (non-hydrogen) atoms. The average Bonchev–Trinajstić information content (AvgIpc) is 3.00. The molecule has 0 radical (unpaired) electrons. The summed E-state index contributed by atoms with van der Waals surface area (Å²) in [6.07, 6.45) is 15.4. The van der Waals surface area contributed by atoms with Gasteiger partial charge in [-0.1, -0.05) is 66.2 Å². The van der Waals surface area contributed by atoms with E-state index >= 15 is 0 Å². The van der Waals surface area contributed by atoms with Gasteiger partial charge in [-0.05, 0) is 87.5 Å². The second-order valence-electron chi connectivity index (χ2n) is 8.19. The van der Waals surface area contributed by atoms with E-state index in [0.717, 1.165) is 29.8 Å². The zero-order valence-electron chi connectivity index (χ0n) is 16.7. The molecule has 2 aliphatic carbocycles. The van der Waals surface area contributed by atoms with E-state index in [4.69, 9.17) is 11.6 Å². The van der Waals surface area contributed by atoms with E-state index in [0.29, 0.717) is 0 Å². The van der Waals surface area contributed by atoms with Gasteiger partial charge in [0.05, 0.1) is 5.69 Å². The maximum atomic E-state index is 6.28. The number of rotatable bonds is 1. The third-order valence-corrected chi connectivity index (χ3v) is 6.76. The van der Waals surface area contributed by atoms with Crippen LogP contribution in [0.25, 0.3) is 17.8 Å². The Morgan fingerprint density at radius 2 is 1.70 bits per heavy atom. The molecule has 0 atom stereocenters. The average molecular weight is 408 g/mol. The molecule has 2 heteroatoms. The summed E-state index contributed by atoms with van der Waals surface area (Å²) >= 11 is 6.28. The molecule has 0 saturated heterocycles. The summed E-state index contributed by atoms with van der Waals surface area (Å²) in [7, 11) is 0. The lowest BCUT2D eigenvalue weighted by Crippen LogP contribution is -2.29. The fourth-order valence-electron chi connectivity index (χ4n) is 5.17. The van der Waals surface area contributed by atoms with E-state index < -0.39 is 0 Å². The molecule has 0 spiro atoms. The maximum absolute atomic E-state index is 6.28. The molecule has 0 unspecified atom stereocenters. The molecule has 1 nitrogen and oxygen atoms in total. The predicted molar refractivity (Wildman–Crippen MR) is 126 cm³/mol. The van der Waals surface area contributed by atoms with Crippen LogP contribution in [0.4, 0.5) is 5.69 Å². The third kappa shape index (κ3) is 2.77. The first kappa shape index (κ1) is 17.8. The van der Waals surface area contributed by atoms with Gasteiger partial charge in [0.2, 0.25) is 0 Å². The molecule has 3 aromatic rings. The third-order valence-electron chi connectivity index (χ3n) is 6.52. The maximum Gasteiger partial charge on any atom is 0.0525 e. The number of nitrogens with zero attached hydrogens (tertiary/aromatic N) is 1. The van der Waals surface area contributed by atoms with E-state index in [1.54, 1.807) is 0 Å². The number of fused-ring (bicyclic) bond motifs is 5. The number of allylic oxidation sites excluding steroid dienone is 2. The first-order valence-electron chi connectivity index (χ1n) is 10.7. The fraction of sp³-hybridized carbons (Fsp3) is 0.143. The van der Waals surface area contributed by atoms with Crippen LogP contribution in [0, 0.1) is 10.4 Å². The summed E-state index contributed by atoms with van der Waals surface area (Å²) in [5.41, 5.74) is 6.79. The normalized spacial score (nSPS) is 16.2. The van der Waals surface area contributed by atoms with Crippen molar-refractivity contribution < 1.29 is 0 Å². The van der Waals surface area contributed by atoms with Crippen LogP contribution in [-0.4, -0.2) is 0 Å². The lowest BCUT2D eigenvalue weighted by atomic mass is 9.87. The molecule has 3 aromatic carbocycles. The van der Waals surface area contributed by atoms with E-state index in [1.165, 1.54) is 49.8 Å². The summed E-state index contributed by atoms with van der Waals surface area (Å²) in [5, 5.41) is 6.32. The van der Waals surface area contributed by atoms with E-state index in [9.17, 15) is 0 Å². The molecule has 0 amide bonds. The summed E-state index contributed by atoms with van der Waals surface area (Å²) in [5.74, 6) is 0. The van der Waals surface area contributed by atoms with Gasteiger partial charge < -0.3 is 4.90 Å². The van der Waals surface area contributed by atoms with Crippen LogP contribution in [0.15, 0.2) is 72.9 Å². The standard InChI is InChI=1S/C28H22ClN/c29-21-12-16-27-20(18-21)7-3-4-17-30(27)28-10-5-9-23-25-13-11-19-6-1-2-8-22(19)24(25)14-15-26(23)28/h1-4,6-8,11-12,14-18H,5,9-10,13H2. The Hall–Kier alpha value is -3.03. The topological polar surface area (TPSA) is 3.24 Å². The van der Waals surface area contributed by atoms with Gasteiger partial charge in [0, 0.05) is 16.9 Å². The smallest absolute Gasteiger partial charge is 0.0525 e. The quantitative estimate of drug-likeness (QED) is 0.518. The molecule has 0 aromatic heterocycles. The van der Waals surface area contributed by atoms with Crippen molar-refractivity contribution in [3.63, 3.8) is 0 Å². The van der Waals surface area contributed by atoms with Gasteiger partial charge in [-0.3, -0.25) is 0 Å². The largest absolute Gasteiger partial charge is 0.320 e. The highest BCUT2D eigenvalue weighted by molar-refractivity contribution is 6.30. The van der Waals surface area contributed by atoms with Gasteiger partial charge in [0.25, 0.3) is 0 Å². The Morgan fingerprint density at radius 3 is 2.67 bits per heavy atom. The lowest BCUT2D eigenvalue weighted by molar-refractivity contribution is 0.796. The molecule has 6 rings (SSSR count). The van der Waals surface area contributed by atoms with Crippen LogP contribution in [0.1, 0.15) is 29.5 Å². The number of hydrogen-bond donors (Lipinski definition) is 0. The van der Waals surface area contributed by atoms with Gasteiger partial charge in [-0.2, -0.15) is 0 Å². The van der Waals surface area contributed by atoms with Gasteiger partial charge in [-0.25, -0.2) is 0 Å². The van der Waals surface area contributed by atoms with Crippen LogP contribution in [-0.2, 0) is 12.8 Å². The summed E-state index contributed by atoms with van der Waals surface area (Å²) in [6, 6.07) is 19.6. The monoisotopic (exact) mass is 407 g/mol.